The first kappa shape index (κ1) is 12.4. The van der Waals surface area contributed by atoms with Crippen LogP contribution in [0.3, 0.4) is 0 Å². The standard InChI is InChI=1S/C14H21FN2/c1-2-13-5-3-4-8-17(13)14-7-6-12(15)9-11(14)10-16/h6-7,9,13H,2-5,8,10,16H2,1H3. The molecule has 2 rings (SSSR count). The van der Waals surface area contributed by atoms with E-state index in [0.717, 1.165) is 24.2 Å². The van der Waals surface area contributed by atoms with Crippen LogP contribution < -0.4 is 10.6 Å². The lowest BCUT2D eigenvalue weighted by Crippen LogP contribution is -2.39. The van der Waals surface area contributed by atoms with Crippen molar-refractivity contribution in [2.75, 3.05) is 11.4 Å². The van der Waals surface area contributed by atoms with Crippen molar-refractivity contribution in [2.45, 2.75) is 45.2 Å². The number of halogens is 1. The first-order valence-corrected chi connectivity index (χ1v) is 6.51. The van der Waals surface area contributed by atoms with Crippen LogP contribution in [-0.2, 0) is 6.54 Å². The van der Waals surface area contributed by atoms with Crippen LogP contribution >= 0.6 is 0 Å². The Balaban J connectivity index is 2.30. The fourth-order valence-corrected chi connectivity index (χ4v) is 2.74. The summed E-state index contributed by atoms with van der Waals surface area (Å²) in [6.07, 6.45) is 4.89. The lowest BCUT2D eigenvalue weighted by atomic mass is 9.98. The second-order valence-electron chi connectivity index (χ2n) is 4.73. The summed E-state index contributed by atoms with van der Waals surface area (Å²) in [5.74, 6) is -0.195. The van der Waals surface area contributed by atoms with Gasteiger partial charge in [-0.2, -0.15) is 0 Å². The van der Waals surface area contributed by atoms with Crippen molar-refractivity contribution in [3.63, 3.8) is 0 Å². The van der Waals surface area contributed by atoms with Crippen molar-refractivity contribution in [1.82, 2.24) is 0 Å². The average Bonchev–Trinajstić information content (AvgIpc) is 2.38. The van der Waals surface area contributed by atoms with Gasteiger partial charge in [0, 0.05) is 24.8 Å². The van der Waals surface area contributed by atoms with Crippen LogP contribution in [0.1, 0.15) is 38.2 Å². The van der Waals surface area contributed by atoms with Gasteiger partial charge in [-0.1, -0.05) is 6.92 Å². The molecule has 94 valence electrons. The highest BCUT2D eigenvalue weighted by Crippen LogP contribution is 2.29. The highest BCUT2D eigenvalue weighted by atomic mass is 19.1. The van der Waals surface area contributed by atoms with Gasteiger partial charge in [-0.25, -0.2) is 4.39 Å². The quantitative estimate of drug-likeness (QED) is 0.874. The van der Waals surface area contributed by atoms with Crippen LogP contribution in [0.2, 0.25) is 0 Å². The van der Waals surface area contributed by atoms with E-state index in [2.05, 4.69) is 11.8 Å². The number of piperidine rings is 1. The molecule has 0 aliphatic carbocycles. The molecule has 0 radical (unpaired) electrons. The Morgan fingerprint density at radius 2 is 2.24 bits per heavy atom. The Bertz CT molecular complexity index is 378. The number of hydrogen-bond donors (Lipinski definition) is 1. The van der Waals surface area contributed by atoms with Gasteiger partial charge >= 0.3 is 0 Å². The number of rotatable bonds is 3. The van der Waals surface area contributed by atoms with Crippen molar-refractivity contribution in [3.8, 4) is 0 Å². The zero-order valence-electron chi connectivity index (χ0n) is 10.5. The lowest BCUT2D eigenvalue weighted by molar-refractivity contribution is 0.449. The molecule has 2 N–H and O–H groups in total. The van der Waals surface area contributed by atoms with E-state index in [9.17, 15) is 4.39 Å². The van der Waals surface area contributed by atoms with Gasteiger partial charge in [0.15, 0.2) is 0 Å². The number of nitrogens with two attached hydrogens (primary N) is 1. The van der Waals surface area contributed by atoms with Crippen LogP contribution in [0.5, 0.6) is 0 Å². The second kappa shape index (κ2) is 5.50. The topological polar surface area (TPSA) is 29.3 Å². The molecule has 1 aliphatic rings. The summed E-state index contributed by atoms with van der Waals surface area (Å²) < 4.78 is 13.2. The normalized spacial score (nSPS) is 20.6. The third-order valence-electron chi connectivity index (χ3n) is 3.67. The Hall–Kier alpha value is -1.09. The van der Waals surface area contributed by atoms with Crippen LogP contribution in [0.15, 0.2) is 18.2 Å². The summed E-state index contributed by atoms with van der Waals surface area (Å²) >= 11 is 0. The van der Waals surface area contributed by atoms with Gasteiger partial charge in [0.25, 0.3) is 0 Å². The molecule has 1 aliphatic heterocycles. The molecule has 17 heavy (non-hydrogen) atoms. The first-order valence-electron chi connectivity index (χ1n) is 6.51. The van der Waals surface area contributed by atoms with Gasteiger partial charge in [-0.15, -0.1) is 0 Å². The predicted molar refractivity (Wildman–Crippen MR) is 69.6 cm³/mol. The molecule has 1 saturated heterocycles. The Morgan fingerprint density at radius 1 is 1.41 bits per heavy atom. The van der Waals surface area contributed by atoms with E-state index in [0.29, 0.717) is 12.6 Å². The molecule has 0 saturated carbocycles. The Morgan fingerprint density at radius 3 is 2.94 bits per heavy atom. The van der Waals surface area contributed by atoms with Gasteiger partial charge in [-0.3, -0.25) is 0 Å². The highest BCUT2D eigenvalue weighted by molar-refractivity contribution is 5.55. The van der Waals surface area contributed by atoms with Gasteiger partial charge in [-0.05, 0) is 49.4 Å². The minimum atomic E-state index is -0.195. The Labute approximate surface area is 103 Å². The van der Waals surface area contributed by atoms with Crippen molar-refractivity contribution in [3.05, 3.63) is 29.6 Å². The smallest absolute Gasteiger partial charge is 0.123 e. The monoisotopic (exact) mass is 236 g/mol. The van der Waals surface area contributed by atoms with Crippen LogP contribution in [0, 0.1) is 5.82 Å². The number of benzene rings is 1. The van der Waals surface area contributed by atoms with Gasteiger partial charge in [0.2, 0.25) is 0 Å². The van der Waals surface area contributed by atoms with E-state index in [4.69, 9.17) is 5.73 Å². The van der Waals surface area contributed by atoms with Gasteiger partial charge in [0.05, 0.1) is 0 Å². The van der Waals surface area contributed by atoms with Crippen LogP contribution in [0.25, 0.3) is 0 Å². The maximum absolute atomic E-state index is 13.2. The summed E-state index contributed by atoms with van der Waals surface area (Å²) in [7, 11) is 0. The van der Waals surface area contributed by atoms with E-state index in [1.807, 2.05) is 6.07 Å². The zero-order valence-corrected chi connectivity index (χ0v) is 10.5. The van der Waals surface area contributed by atoms with E-state index >= 15 is 0 Å². The third kappa shape index (κ3) is 2.60. The maximum atomic E-state index is 13.2. The van der Waals surface area contributed by atoms with E-state index in [1.54, 1.807) is 6.07 Å². The van der Waals surface area contributed by atoms with E-state index in [1.165, 1.54) is 25.3 Å². The minimum Gasteiger partial charge on any atom is -0.368 e. The summed E-state index contributed by atoms with van der Waals surface area (Å²) in [5.41, 5.74) is 7.77. The van der Waals surface area contributed by atoms with Crippen molar-refractivity contribution in [2.24, 2.45) is 5.73 Å². The first-order chi connectivity index (χ1) is 8.26. The molecule has 1 aromatic rings. The summed E-state index contributed by atoms with van der Waals surface area (Å²) in [5, 5.41) is 0. The zero-order chi connectivity index (χ0) is 12.3. The lowest BCUT2D eigenvalue weighted by Gasteiger charge is -2.38. The largest absolute Gasteiger partial charge is 0.368 e. The molecule has 1 fully saturated rings. The number of anilines is 1. The molecule has 3 heteroatoms. The minimum absolute atomic E-state index is 0.195. The molecular weight excluding hydrogens is 215 g/mol. The Kier molecular flexibility index (Phi) is 4.00. The maximum Gasteiger partial charge on any atom is 0.123 e. The second-order valence-corrected chi connectivity index (χ2v) is 4.73. The van der Waals surface area contributed by atoms with Crippen LogP contribution in [-0.4, -0.2) is 12.6 Å². The molecule has 0 aromatic heterocycles. The summed E-state index contributed by atoms with van der Waals surface area (Å²) in [4.78, 5) is 2.41. The molecule has 0 bridgehead atoms. The molecule has 1 unspecified atom stereocenters. The fourth-order valence-electron chi connectivity index (χ4n) is 2.74. The molecule has 0 amide bonds. The molecule has 2 nitrogen and oxygen atoms in total. The van der Waals surface area contributed by atoms with Crippen molar-refractivity contribution in [1.29, 1.82) is 0 Å². The summed E-state index contributed by atoms with van der Waals surface area (Å²) in [6, 6.07) is 5.57. The number of nitrogens with zero attached hydrogens (tertiary/aromatic N) is 1. The van der Waals surface area contributed by atoms with E-state index in [-0.39, 0.29) is 5.82 Å². The molecular formula is C14H21FN2. The van der Waals surface area contributed by atoms with Gasteiger partial charge < -0.3 is 10.6 Å². The molecule has 1 heterocycles. The average molecular weight is 236 g/mol. The van der Waals surface area contributed by atoms with E-state index < -0.39 is 0 Å². The molecule has 1 atom stereocenters. The molecule has 1 aromatic carbocycles. The van der Waals surface area contributed by atoms with Crippen molar-refractivity contribution < 1.29 is 4.39 Å². The van der Waals surface area contributed by atoms with Crippen LogP contribution in [0.4, 0.5) is 10.1 Å². The summed E-state index contributed by atoms with van der Waals surface area (Å²) in [6.45, 7) is 3.69. The predicted octanol–water partition coefficient (Wildman–Crippen LogP) is 3.05. The fraction of sp³-hybridized carbons (Fsp3) is 0.571. The van der Waals surface area contributed by atoms with Gasteiger partial charge in [0.1, 0.15) is 5.82 Å². The molecule has 0 spiro atoms. The SMILES string of the molecule is CCC1CCCCN1c1ccc(F)cc1CN. The third-order valence-corrected chi connectivity index (χ3v) is 3.67. The highest BCUT2D eigenvalue weighted by Gasteiger charge is 2.22. The number of hydrogen-bond acceptors (Lipinski definition) is 2. The van der Waals surface area contributed by atoms with Crippen molar-refractivity contribution >= 4 is 5.69 Å².